The summed E-state index contributed by atoms with van der Waals surface area (Å²) in [6, 6.07) is 13.1. The number of H-pyrrole nitrogens is 1. The molecule has 1 aliphatic rings. The Kier molecular flexibility index (Phi) is 8.72. The fraction of sp³-hybridized carbons (Fsp3) is 0.417. The monoisotopic (exact) mass is 551 g/mol. The summed E-state index contributed by atoms with van der Waals surface area (Å²) in [6.07, 6.45) is 4.13. The summed E-state index contributed by atoms with van der Waals surface area (Å²) < 4.78 is 20.0. The zero-order valence-corrected chi connectivity index (χ0v) is 20.9. The zero-order valence-electron chi connectivity index (χ0n) is 18.5. The van der Waals surface area contributed by atoms with Gasteiger partial charge in [-0.1, -0.05) is 18.2 Å². The van der Waals surface area contributed by atoms with Crippen molar-refractivity contribution >= 4 is 41.0 Å². The van der Waals surface area contributed by atoms with E-state index in [1.54, 1.807) is 13.1 Å². The molecule has 3 aromatic rings. The van der Waals surface area contributed by atoms with Gasteiger partial charge in [-0.2, -0.15) is 0 Å². The number of hydrogen-bond donors (Lipinski definition) is 3. The van der Waals surface area contributed by atoms with Crippen molar-refractivity contribution in [3.63, 3.8) is 0 Å². The van der Waals surface area contributed by atoms with Crippen LogP contribution in [-0.2, 0) is 6.42 Å². The number of benzene rings is 2. The van der Waals surface area contributed by atoms with Crippen LogP contribution in [0.5, 0.6) is 5.75 Å². The van der Waals surface area contributed by atoms with Crippen LogP contribution in [0, 0.1) is 11.7 Å². The van der Waals surface area contributed by atoms with Crippen molar-refractivity contribution < 1.29 is 9.13 Å². The van der Waals surface area contributed by atoms with Crippen LogP contribution in [0.3, 0.4) is 0 Å². The summed E-state index contributed by atoms with van der Waals surface area (Å²) >= 11 is 0. The average Bonchev–Trinajstić information content (AvgIpc) is 3.51. The molecule has 1 saturated carbocycles. The quantitative estimate of drug-likeness (QED) is 0.152. The van der Waals surface area contributed by atoms with Crippen molar-refractivity contribution in [3.8, 4) is 5.75 Å². The van der Waals surface area contributed by atoms with E-state index in [0.717, 1.165) is 41.8 Å². The van der Waals surface area contributed by atoms with E-state index < -0.39 is 0 Å². The molecule has 0 saturated heterocycles. The number of aliphatic imine (C=N–C) groups is 1. The highest BCUT2D eigenvalue weighted by molar-refractivity contribution is 14.0. The van der Waals surface area contributed by atoms with Gasteiger partial charge in [0, 0.05) is 20.0 Å². The van der Waals surface area contributed by atoms with Crippen LogP contribution in [0.4, 0.5) is 4.39 Å². The van der Waals surface area contributed by atoms with E-state index in [1.165, 1.54) is 18.9 Å². The first-order valence-electron chi connectivity index (χ1n) is 11.0. The number of aryl methyl sites for hydroxylation is 1. The van der Waals surface area contributed by atoms with Gasteiger partial charge in [-0.15, -0.1) is 24.0 Å². The summed E-state index contributed by atoms with van der Waals surface area (Å²) in [4.78, 5) is 12.2. The van der Waals surface area contributed by atoms with Gasteiger partial charge in [0.25, 0.3) is 0 Å². The van der Waals surface area contributed by atoms with Crippen LogP contribution < -0.4 is 15.4 Å². The van der Waals surface area contributed by atoms with E-state index in [-0.39, 0.29) is 35.8 Å². The molecule has 6 nitrogen and oxygen atoms in total. The minimum atomic E-state index is -0.319. The minimum absolute atomic E-state index is 0. The third kappa shape index (κ3) is 6.57. The maximum absolute atomic E-state index is 14.4. The molecule has 0 bridgehead atoms. The topological polar surface area (TPSA) is 74.3 Å². The van der Waals surface area contributed by atoms with Crippen LogP contribution in [0.25, 0.3) is 11.0 Å². The van der Waals surface area contributed by atoms with Gasteiger partial charge in [-0.25, -0.2) is 9.37 Å². The highest BCUT2D eigenvalue weighted by atomic mass is 127. The van der Waals surface area contributed by atoms with Crippen molar-refractivity contribution in [2.45, 2.75) is 38.6 Å². The number of nitrogens with zero attached hydrogens (tertiary/aromatic N) is 2. The Morgan fingerprint density at radius 1 is 1.28 bits per heavy atom. The number of para-hydroxylation sites is 2. The highest BCUT2D eigenvalue weighted by Crippen LogP contribution is 2.30. The van der Waals surface area contributed by atoms with Gasteiger partial charge in [0.05, 0.1) is 23.7 Å². The van der Waals surface area contributed by atoms with E-state index in [0.29, 0.717) is 24.2 Å². The number of rotatable bonds is 9. The van der Waals surface area contributed by atoms with Crippen LogP contribution in [0.1, 0.15) is 43.6 Å². The van der Waals surface area contributed by atoms with Crippen LogP contribution in [-0.4, -0.2) is 36.1 Å². The number of halogens is 2. The summed E-state index contributed by atoms with van der Waals surface area (Å²) in [6.45, 7) is 3.35. The number of aromatic nitrogens is 2. The molecule has 8 heteroatoms. The fourth-order valence-electron chi connectivity index (χ4n) is 3.47. The molecule has 32 heavy (non-hydrogen) atoms. The number of aromatic amines is 1. The molecule has 4 rings (SSSR count). The molecule has 1 aliphatic carbocycles. The molecule has 1 unspecified atom stereocenters. The van der Waals surface area contributed by atoms with Crippen LogP contribution in [0.15, 0.2) is 47.5 Å². The molecule has 0 radical (unpaired) electrons. The second-order valence-electron chi connectivity index (χ2n) is 8.11. The average molecular weight is 551 g/mol. The molecular weight excluding hydrogens is 520 g/mol. The first kappa shape index (κ1) is 24.3. The summed E-state index contributed by atoms with van der Waals surface area (Å²) in [5.74, 6) is 2.28. The van der Waals surface area contributed by atoms with E-state index >= 15 is 0 Å². The van der Waals surface area contributed by atoms with Crippen LogP contribution >= 0.6 is 24.0 Å². The Bertz CT molecular complexity index is 1020. The number of ether oxygens (including phenoxy) is 1. The molecule has 1 aromatic heterocycles. The Morgan fingerprint density at radius 3 is 2.81 bits per heavy atom. The molecule has 0 spiro atoms. The number of hydrogen-bond acceptors (Lipinski definition) is 3. The molecular formula is C24H31FIN5O. The first-order valence-corrected chi connectivity index (χ1v) is 11.0. The Balaban J connectivity index is 0.00000289. The predicted octanol–water partition coefficient (Wildman–Crippen LogP) is 4.97. The molecule has 0 amide bonds. The van der Waals surface area contributed by atoms with E-state index in [1.807, 2.05) is 37.3 Å². The maximum atomic E-state index is 14.4. The molecule has 1 fully saturated rings. The number of fused-ring (bicyclic) bond motifs is 1. The predicted molar refractivity (Wildman–Crippen MR) is 137 cm³/mol. The van der Waals surface area contributed by atoms with Gasteiger partial charge in [0.2, 0.25) is 0 Å². The largest absolute Gasteiger partial charge is 0.490 e. The SMILES string of the molecule is CN=C(NCCCc1nc2ccccc2[nH]1)NC(C)c1ccc(OCC2CC2)c(F)c1.I. The second kappa shape index (κ2) is 11.5. The third-order valence-electron chi connectivity index (χ3n) is 5.53. The highest BCUT2D eigenvalue weighted by Gasteiger charge is 2.22. The Hall–Kier alpha value is -2.36. The van der Waals surface area contributed by atoms with Gasteiger partial charge in [-0.05, 0) is 61.9 Å². The third-order valence-corrected chi connectivity index (χ3v) is 5.53. The molecule has 1 heterocycles. The summed E-state index contributed by atoms with van der Waals surface area (Å²) in [5, 5.41) is 6.64. The number of imidazole rings is 1. The molecule has 172 valence electrons. The Labute approximate surface area is 205 Å². The Morgan fingerprint density at radius 2 is 2.09 bits per heavy atom. The van der Waals surface area contributed by atoms with Crippen molar-refractivity contribution in [2.75, 3.05) is 20.2 Å². The fourth-order valence-corrected chi connectivity index (χ4v) is 3.47. The lowest BCUT2D eigenvalue weighted by Crippen LogP contribution is -2.39. The van der Waals surface area contributed by atoms with Gasteiger partial charge in [0.1, 0.15) is 5.82 Å². The van der Waals surface area contributed by atoms with Gasteiger partial charge in [-0.3, -0.25) is 4.99 Å². The number of nitrogens with one attached hydrogen (secondary N) is 3. The van der Waals surface area contributed by atoms with Crippen molar-refractivity contribution in [1.82, 2.24) is 20.6 Å². The van der Waals surface area contributed by atoms with E-state index in [9.17, 15) is 4.39 Å². The van der Waals surface area contributed by atoms with Gasteiger partial charge >= 0.3 is 0 Å². The summed E-state index contributed by atoms with van der Waals surface area (Å²) in [7, 11) is 1.73. The molecule has 1 atom stereocenters. The number of guanidine groups is 1. The second-order valence-corrected chi connectivity index (χ2v) is 8.11. The molecule has 0 aliphatic heterocycles. The lowest BCUT2D eigenvalue weighted by molar-refractivity contribution is 0.285. The van der Waals surface area contributed by atoms with Gasteiger partial charge < -0.3 is 20.4 Å². The first-order chi connectivity index (χ1) is 15.1. The normalized spacial score (nSPS) is 14.7. The minimum Gasteiger partial charge on any atom is -0.490 e. The standard InChI is InChI=1S/C24H30FN5O.HI/c1-16(18-11-12-22(19(25)14-18)31-15-17-9-10-17)28-24(26-2)27-13-5-8-23-29-20-6-3-4-7-21(20)30-23;/h3-4,6-7,11-12,14,16-17H,5,8-10,13,15H2,1-2H3,(H,29,30)(H2,26,27,28);1H. The van der Waals surface area contributed by atoms with Crippen molar-refractivity contribution in [3.05, 3.63) is 59.7 Å². The van der Waals surface area contributed by atoms with E-state index in [2.05, 4.69) is 25.6 Å². The zero-order chi connectivity index (χ0) is 21.6. The smallest absolute Gasteiger partial charge is 0.191 e. The lowest BCUT2D eigenvalue weighted by Gasteiger charge is -2.19. The van der Waals surface area contributed by atoms with Crippen LogP contribution in [0.2, 0.25) is 0 Å². The summed E-state index contributed by atoms with van der Waals surface area (Å²) in [5.41, 5.74) is 2.90. The van der Waals surface area contributed by atoms with Crippen molar-refractivity contribution in [2.24, 2.45) is 10.9 Å². The van der Waals surface area contributed by atoms with Gasteiger partial charge in [0.15, 0.2) is 17.5 Å². The maximum Gasteiger partial charge on any atom is 0.191 e. The van der Waals surface area contributed by atoms with Crippen molar-refractivity contribution in [1.29, 1.82) is 0 Å². The van der Waals surface area contributed by atoms with E-state index in [4.69, 9.17) is 4.74 Å². The molecule has 3 N–H and O–H groups in total. The molecule has 2 aromatic carbocycles. The lowest BCUT2D eigenvalue weighted by atomic mass is 10.1.